The molecule has 0 bridgehead atoms. The smallest absolute Gasteiger partial charge is 0.245 e. The van der Waals surface area contributed by atoms with Crippen LogP contribution in [0.3, 0.4) is 0 Å². The molecule has 0 saturated carbocycles. The maximum atomic E-state index is 12.5. The third kappa shape index (κ3) is 5.88. The van der Waals surface area contributed by atoms with Gasteiger partial charge in [0.25, 0.3) is 0 Å². The van der Waals surface area contributed by atoms with Crippen molar-refractivity contribution in [2.45, 2.75) is 45.0 Å². The summed E-state index contributed by atoms with van der Waals surface area (Å²) in [4.78, 5) is 31.0. The highest BCUT2D eigenvalue weighted by Crippen LogP contribution is 2.17. The molecule has 2 N–H and O–H groups in total. The van der Waals surface area contributed by atoms with Crippen LogP contribution in [0.15, 0.2) is 42.9 Å². The van der Waals surface area contributed by atoms with E-state index in [2.05, 4.69) is 22.5 Å². The van der Waals surface area contributed by atoms with E-state index >= 15 is 0 Å². The topological polar surface area (TPSA) is 88.5 Å². The Kier molecular flexibility index (Phi) is 7.37. The Morgan fingerprint density at radius 2 is 2.10 bits per heavy atom. The van der Waals surface area contributed by atoms with Crippen LogP contribution in [0.4, 0.5) is 5.82 Å². The molecule has 1 aliphatic heterocycles. The number of nitrogens with zero attached hydrogens (tertiary/aromatic N) is 3. The Morgan fingerprint density at radius 3 is 2.79 bits per heavy atom. The van der Waals surface area contributed by atoms with Crippen molar-refractivity contribution in [1.29, 1.82) is 0 Å². The second-order valence-electron chi connectivity index (χ2n) is 7.34. The summed E-state index contributed by atoms with van der Waals surface area (Å²) in [5, 5.41) is 5.73. The molecule has 1 fully saturated rings. The molecule has 29 heavy (non-hydrogen) atoms. The lowest BCUT2D eigenvalue weighted by Crippen LogP contribution is -2.42. The summed E-state index contributed by atoms with van der Waals surface area (Å²) in [5.41, 5.74) is 1.05. The number of anilines is 1. The zero-order chi connectivity index (χ0) is 20.6. The molecule has 8 heteroatoms. The standard InChI is InChI=1S/C21H29N5O3/c1-16-7-6-10-26(16)20(27)12-25-11-19(23-15-25)24-21(28)18(22-2)14-29-13-17-8-4-3-5-9-17/h3-5,8-9,11,15-16,18,22H,6-7,10,12-14H2,1-2H3,(H,24,28)/t16?,18-/m1/s1. The van der Waals surface area contributed by atoms with Gasteiger partial charge in [0.1, 0.15) is 12.6 Å². The number of aromatic nitrogens is 2. The number of benzene rings is 1. The highest BCUT2D eigenvalue weighted by Gasteiger charge is 2.25. The molecular formula is C21H29N5O3. The number of imidazole rings is 1. The van der Waals surface area contributed by atoms with Gasteiger partial charge in [-0.1, -0.05) is 30.3 Å². The Labute approximate surface area is 171 Å². The van der Waals surface area contributed by atoms with Crippen molar-refractivity contribution in [3.63, 3.8) is 0 Å². The lowest BCUT2D eigenvalue weighted by atomic mass is 10.2. The maximum Gasteiger partial charge on any atom is 0.245 e. The molecule has 0 radical (unpaired) electrons. The first-order valence-electron chi connectivity index (χ1n) is 9.98. The Hall–Kier alpha value is -2.71. The third-order valence-corrected chi connectivity index (χ3v) is 5.14. The number of rotatable bonds is 9. The predicted octanol–water partition coefficient (Wildman–Crippen LogP) is 1.64. The summed E-state index contributed by atoms with van der Waals surface area (Å²) in [6.07, 6.45) is 5.34. The normalized spacial score (nSPS) is 17.3. The Bertz CT molecular complexity index is 808. The molecule has 1 aromatic carbocycles. The number of carbonyl (C=O) groups excluding carboxylic acids is 2. The van der Waals surface area contributed by atoms with E-state index in [0.29, 0.717) is 12.4 Å². The van der Waals surface area contributed by atoms with Crippen LogP contribution >= 0.6 is 0 Å². The summed E-state index contributed by atoms with van der Waals surface area (Å²) < 4.78 is 7.35. The van der Waals surface area contributed by atoms with E-state index in [-0.39, 0.29) is 31.0 Å². The fourth-order valence-electron chi connectivity index (χ4n) is 3.43. The van der Waals surface area contributed by atoms with Gasteiger partial charge in [-0.05, 0) is 32.4 Å². The molecule has 1 unspecified atom stereocenters. The SMILES string of the molecule is CN[C@H](COCc1ccccc1)C(=O)Nc1cn(CC(=O)N2CCCC2C)cn1. The van der Waals surface area contributed by atoms with Crippen LogP contribution in [0, 0.1) is 0 Å². The van der Waals surface area contributed by atoms with Gasteiger partial charge in [-0.25, -0.2) is 4.98 Å². The van der Waals surface area contributed by atoms with Crippen LogP contribution in [-0.4, -0.2) is 58.5 Å². The highest BCUT2D eigenvalue weighted by molar-refractivity contribution is 5.94. The maximum absolute atomic E-state index is 12.5. The monoisotopic (exact) mass is 399 g/mol. The van der Waals surface area contributed by atoms with Gasteiger partial charge in [0, 0.05) is 18.8 Å². The van der Waals surface area contributed by atoms with Crippen LogP contribution in [0.1, 0.15) is 25.3 Å². The Morgan fingerprint density at radius 1 is 1.31 bits per heavy atom. The highest BCUT2D eigenvalue weighted by atomic mass is 16.5. The van der Waals surface area contributed by atoms with Gasteiger partial charge in [-0.15, -0.1) is 0 Å². The fourth-order valence-corrected chi connectivity index (χ4v) is 3.43. The largest absolute Gasteiger partial charge is 0.375 e. The van der Waals surface area contributed by atoms with Gasteiger partial charge in [0.05, 0.1) is 19.5 Å². The van der Waals surface area contributed by atoms with Crippen LogP contribution < -0.4 is 10.6 Å². The quantitative estimate of drug-likeness (QED) is 0.669. The van der Waals surface area contributed by atoms with E-state index < -0.39 is 6.04 Å². The number of amides is 2. The molecule has 2 aromatic rings. The molecule has 2 atom stereocenters. The van der Waals surface area contributed by atoms with Gasteiger partial charge < -0.3 is 24.8 Å². The Balaban J connectivity index is 1.47. The first-order chi connectivity index (χ1) is 14.1. The third-order valence-electron chi connectivity index (χ3n) is 5.14. The van der Waals surface area contributed by atoms with E-state index in [0.717, 1.165) is 24.9 Å². The molecular weight excluding hydrogens is 370 g/mol. The lowest BCUT2D eigenvalue weighted by molar-refractivity contribution is -0.132. The molecule has 8 nitrogen and oxygen atoms in total. The summed E-state index contributed by atoms with van der Waals surface area (Å²) >= 11 is 0. The average Bonchev–Trinajstić information content (AvgIpc) is 3.34. The number of nitrogens with one attached hydrogen (secondary N) is 2. The number of hydrogen-bond acceptors (Lipinski definition) is 5. The van der Waals surface area contributed by atoms with Crippen molar-refractivity contribution in [2.24, 2.45) is 0 Å². The molecule has 0 aliphatic carbocycles. The van der Waals surface area contributed by atoms with Crippen molar-refractivity contribution in [3.05, 3.63) is 48.4 Å². The summed E-state index contributed by atoms with van der Waals surface area (Å²) in [7, 11) is 1.71. The van der Waals surface area contributed by atoms with Crippen molar-refractivity contribution in [1.82, 2.24) is 19.8 Å². The van der Waals surface area contributed by atoms with Gasteiger partial charge >= 0.3 is 0 Å². The number of likely N-dealkylation sites (tertiary alicyclic amines) is 1. The van der Waals surface area contributed by atoms with E-state index in [4.69, 9.17) is 4.74 Å². The molecule has 3 rings (SSSR count). The summed E-state index contributed by atoms with van der Waals surface area (Å²) in [5.74, 6) is 0.263. The number of likely N-dealkylation sites (N-methyl/N-ethyl adjacent to an activating group) is 1. The van der Waals surface area contributed by atoms with Crippen molar-refractivity contribution in [2.75, 3.05) is 25.5 Å². The van der Waals surface area contributed by atoms with Crippen molar-refractivity contribution in [3.8, 4) is 0 Å². The molecule has 1 aromatic heterocycles. The number of carbonyl (C=O) groups is 2. The van der Waals surface area contributed by atoms with Crippen LogP contribution in [0.2, 0.25) is 0 Å². The molecule has 1 saturated heterocycles. The average molecular weight is 399 g/mol. The minimum Gasteiger partial charge on any atom is -0.375 e. The minimum atomic E-state index is -0.504. The van der Waals surface area contributed by atoms with Crippen LogP contribution in [-0.2, 0) is 27.5 Å². The van der Waals surface area contributed by atoms with Gasteiger partial charge in [0.15, 0.2) is 5.82 Å². The molecule has 2 heterocycles. The molecule has 2 amide bonds. The fraction of sp³-hybridized carbons (Fsp3) is 0.476. The van der Waals surface area contributed by atoms with E-state index in [1.807, 2.05) is 35.2 Å². The second kappa shape index (κ2) is 10.2. The first-order valence-corrected chi connectivity index (χ1v) is 9.98. The summed E-state index contributed by atoms with van der Waals surface area (Å²) in [6, 6.07) is 9.59. The van der Waals surface area contributed by atoms with Gasteiger partial charge in [-0.3, -0.25) is 9.59 Å². The number of hydrogen-bond donors (Lipinski definition) is 2. The van der Waals surface area contributed by atoms with E-state index in [9.17, 15) is 9.59 Å². The lowest BCUT2D eigenvalue weighted by Gasteiger charge is -2.21. The summed E-state index contributed by atoms with van der Waals surface area (Å²) in [6.45, 7) is 3.79. The minimum absolute atomic E-state index is 0.0766. The molecule has 1 aliphatic rings. The van der Waals surface area contributed by atoms with Crippen molar-refractivity contribution >= 4 is 17.6 Å². The zero-order valence-corrected chi connectivity index (χ0v) is 17.0. The van der Waals surface area contributed by atoms with Crippen LogP contribution in [0.5, 0.6) is 0 Å². The van der Waals surface area contributed by atoms with E-state index in [1.165, 1.54) is 0 Å². The predicted molar refractivity (Wildman–Crippen MR) is 110 cm³/mol. The molecule has 0 spiro atoms. The van der Waals surface area contributed by atoms with Gasteiger partial charge in [0.2, 0.25) is 11.8 Å². The number of ether oxygens (including phenoxy) is 1. The van der Waals surface area contributed by atoms with Crippen LogP contribution in [0.25, 0.3) is 0 Å². The zero-order valence-electron chi connectivity index (χ0n) is 17.0. The van der Waals surface area contributed by atoms with E-state index in [1.54, 1.807) is 24.1 Å². The molecule has 156 valence electrons. The first kappa shape index (κ1) is 21.0. The van der Waals surface area contributed by atoms with Gasteiger partial charge in [-0.2, -0.15) is 0 Å². The second-order valence-corrected chi connectivity index (χ2v) is 7.34. The van der Waals surface area contributed by atoms with Crippen molar-refractivity contribution < 1.29 is 14.3 Å².